The summed E-state index contributed by atoms with van der Waals surface area (Å²) in [5, 5.41) is 0.524. The molecule has 0 spiro atoms. The topological polar surface area (TPSA) is 61.3 Å². The van der Waals surface area contributed by atoms with E-state index in [0.717, 1.165) is 5.56 Å². The highest BCUT2D eigenvalue weighted by Gasteiger charge is 2.10. The summed E-state index contributed by atoms with van der Waals surface area (Å²) in [6.07, 6.45) is 1.61. The number of anilines is 1. The van der Waals surface area contributed by atoms with Crippen molar-refractivity contribution < 1.29 is 4.74 Å². The van der Waals surface area contributed by atoms with E-state index >= 15 is 0 Å². The Labute approximate surface area is 88.3 Å². The molecule has 0 amide bonds. The lowest BCUT2D eigenvalue weighted by Crippen LogP contribution is -2.08. The summed E-state index contributed by atoms with van der Waals surface area (Å²) in [6, 6.07) is 3.04. The Bertz CT molecular complexity index is 352. The lowest BCUT2D eigenvalue weighted by Gasteiger charge is -2.12. The molecule has 0 aromatic heterocycles. The first-order valence-electron chi connectivity index (χ1n) is 4.11. The molecule has 1 rings (SSSR count). The zero-order chi connectivity index (χ0) is 10.7. The molecule has 0 radical (unpaired) electrons. The predicted molar refractivity (Wildman–Crippen MR) is 59.5 cm³/mol. The first-order valence-corrected chi connectivity index (χ1v) is 4.49. The molecule has 0 saturated carbocycles. The number of hydrogen-bond donors (Lipinski definition) is 2. The van der Waals surface area contributed by atoms with Crippen LogP contribution >= 0.6 is 11.6 Å². The van der Waals surface area contributed by atoms with Gasteiger partial charge in [0, 0.05) is 11.1 Å². The normalized spacial score (nSPS) is 12.2. The molecule has 1 atom stereocenters. The number of rotatable bonds is 3. The molecule has 0 saturated heterocycles. The van der Waals surface area contributed by atoms with Gasteiger partial charge in [-0.3, -0.25) is 0 Å². The van der Waals surface area contributed by atoms with Crippen LogP contribution in [0.3, 0.4) is 0 Å². The van der Waals surface area contributed by atoms with Crippen LogP contribution < -0.4 is 16.2 Å². The fourth-order valence-electron chi connectivity index (χ4n) is 1.14. The van der Waals surface area contributed by atoms with E-state index in [1.54, 1.807) is 25.3 Å². The molecule has 76 valence electrons. The molecule has 14 heavy (non-hydrogen) atoms. The number of halogens is 1. The number of nitrogen functional groups attached to an aromatic ring is 1. The maximum absolute atomic E-state index is 5.97. The average Bonchev–Trinajstić information content (AvgIpc) is 2.17. The summed E-state index contributed by atoms with van der Waals surface area (Å²) in [6.45, 7) is 3.60. The molecule has 0 aliphatic carbocycles. The van der Waals surface area contributed by atoms with Crippen molar-refractivity contribution in [2.45, 2.75) is 6.04 Å². The van der Waals surface area contributed by atoms with Crippen LogP contribution in [-0.4, -0.2) is 7.11 Å². The van der Waals surface area contributed by atoms with E-state index in [-0.39, 0.29) is 6.04 Å². The van der Waals surface area contributed by atoms with Gasteiger partial charge in [0.2, 0.25) is 0 Å². The zero-order valence-corrected chi connectivity index (χ0v) is 8.71. The Kier molecular flexibility index (Phi) is 3.38. The summed E-state index contributed by atoms with van der Waals surface area (Å²) in [7, 11) is 1.54. The second kappa shape index (κ2) is 4.35. The molecular formula is C10H13ClN2O. The Morgan fingerprint density at radius 1 is 1.57 bits per heavy atom. The Morgan fingerprint density at radius 3 is 2.71 bits per heavy atom. The van der Waals surface area contributed by atoms with Crippen molar-refractivity contribution in [2.24, 2.45) is 5.73 Å². The third kappa shape index (κ3) is 2.00. The van der Waals surface area contributed by atoms with Gasteiger partial charge in [0.15, 0.2) is 0 Å². The number of benzene rings is 1. The number of ether oxygens (including phenoxy) is 1. The minimum Gasteiger partial charge on any atom is -0.495 e. The molecule has 4 heteroatoms. The molecule has 0 fully saturated rings. The van der Waals surface area contributed by atoms with Crippen molar-refractivity contribution in [2.75, 3.05) is 12.8 Å². The highest BCUT2D eigenvalue weighted by Crippen LogP contribution is 2.31. The Morgan fingerprint density at radius 2 is 2.21 bits per heavy atom. The first-order chi connectivity index (χ1) is 6.60. The molecule has 0 aliphatic heterocycles. The van der Waals surface area contributed by atoms with Crippen molar-refractivity contribution >= 4 is 17.3 Å². The van der Waals surface area contributed by atoms with Gasteiger partial charge >= 0.3 is 0 Å². The van der Waals surface area contributed by atoms with E-state index in [1.165, 1.54) is 0 Å². The van der Waals surface area contributed by atoms with Gasteiger partial charge in [-0.1, -0.05) is 17.7 Å². The average molecular weight is 213 g/mol. The van der Waals surface area contributed by atoms with Crippen LogP contribution in [0.25, 0.3) is 0 Å². The fraction of sp³-hybridized carbons (Fsp3) is 0.200. The summed E-state index contributed by atoms with van der Waals surface area (Å²) < 4.78 is 5.06. The first kappa shape index (κ1) is 10.9. The van der Waals surface area contributed by atoms with Crippen LogP contribution in [-0.2, 0) is 0 Å². The summed E-state index contributed by atoms with van der Waals surface area (Å²) in [5.74, 6) is 0.571. The lowest BCUT2D eigenvalue weighted by molar-refractivity contribution is 0.416. The zero-order valence-electron chi connectivity index (χ0n) is 7.96. The Hall–Kier alpha value is -1.19. The van der Waals surface area contributed by atoms with E-state index in [9.17, 15) is 0 Å². The van der Waals surface area contributed by atoms with Crippen molar-refractivity contribution in [1.82, 2.24) is 0 Å². The van der Waals surface area contributed by atoms with Crippen molar-refractivity contribution in [3.8, 4) is 5.75 Å². The quantitative estimate of drug-likeness (QED) is 0.596. The van der Waals surface area contributed by atoms with Gasteiger partial charge < -0.3 is 16.2 Å². The van der Waals surface area contributed by atoms with Crippen molar-refractivity contribution in [3.05, 3.63) is 35.4 Å². The van der Waals surface area contributed by atoms with Crippen LogP contribution in [0.1, 0.15) is 11.6 Å². The minimum absolute atomic E-state index is 0.308. The minimum atomic E-state index is -0.308. The largest absolute Gasteiger partial charge is 0.495 e. The number of hydrogen-bond acceptors (Lipinski definition) is 3. The van der Waals surface area contributed by atoms with Crippen LogP contribution in [0.5, 0.6) is 5.75 Å². The molecule has 4 N–H and O–H groups in total. The summed E-state index contributed by atoms with van der Waals surface area (Å²) in [4.78, 5) is 0. The van der Waals surface area contributed by atoms with E-state index in [2.05, 4.69) is 6.58 Å². The SMILES string of the molecule is C=C[C@@H](N)c1cc(OC)c(N)cc1Cl. The van der Waals surface area contributed by atoms with E-state index in [4.69, 9.17) is 27.8 Å². The molecule has 1 aromatic rings. The van der Waals surface area contributed by atoms with Gasteiger partial charge in [-0.15, -0.1) is 6.58 Å². The predicted octanol–water partition coefficient (Wildman–Crippen LogP) is 2.12. The highest BCUT2D eigenvalue weighted by atomic mass is 35.5. The molecule has 0 heterocycles. The smallest absolute Gasteiger partial charge is 0.142 e. The van der Waals surface area contributed by atoms with Crippen LogP contribution in [0.15, 0.2) is 24.8 Å². The monoisotopic (exact) mass is 212 g/mol. The van der Waals surface area contributed by atoms with Gasteiger partial charge in [-0.05, 0) is 17.7 Å². The third-order valence-corrected chi connectivity index (χ3v) is 2.29. The highest BCUT2D eigenvalue weighted by molar-refractivity contribution is 6.31. The number of nitrogens with two attached hydrogens (primary N) is 2. The molecule has 3 nitrogen and oxygen atoms in total. The maximum atomic E-state index is 5.97. The maximum Gasteiger partial charge on any atom is 0.142 e. The van der Waals surface area contributed by atoms with Gasteiger partial charge in [-0.25, -0.2) is 0 Å². The molecular weight excluding hydrogens is 200 g/mol. The van der Waals surface area contributed by atoms with Crippen LogP contribution in [0, 0.1) is 0 Å². The molecule has 1 aromatic carbocycles. The van der Waals surface area contributed by atoms with E-state index in [1.807, 2.05) is 0 Å². The molecule has 0 unspecified atom stereocenters. The standard InChI is InChI=1S/C10H13ClN2O/c1-3-8(12)6-4-10(14-2)9(13)5-7(6)11/h3-5,8H,1,12-13H2,2H3/t8-/m1/s1. The van der Waals surface area contributed by atoms with Crippen LogP contribution in [0.2, 0.25) is 5.02 Å². The van der Waals surface area contributed by atoms with Gasteiger partial charge in [0.05, 0.1) is 12.8 Å². The van der Waals surface area contributed by atoms with E-state index < -0.39 is 0 Å². The van der Waals surface area contributed by atoms with Gasteiger partial charge in [0.25, 0.3) is 0 Å². The van der Waals surface area contributed by atoms with Crippen molar-refractivity contribution in [1.29, 1.82) is 0 Å². The van der Waals surface area contributed by atoms with Crippen molar-refractivity contribution in [3.63, 3.8) is 0 Å². The summed E-state index contributed by atoms with van der Waals surface area (Å²) in [5.41, 5.74) is 12.7. The number of methoxy groups -OCH3 is 1. The fourth-order valence-corrected chi connectivity index (χ4v) is 1.44. The third-order valence-electron chi connectivity index (χ3n) is 1.96. The lowest BCUT2D eigenvalue weighted by atomic mass is 10.1. The van der Waals surface area contributed by atoms with Gasteiger partial charge in [0.1, 0.15) is 5.75 Å². The van der Waals surface area contributed by atoms with Crippen LogP contribution in [0.4, 0.5) is 5.69 Å². The second-order valence-electron chi connectivity index (χ2n) is 2.88. The molecule has 0 bridgehead atoms. The second-order valence-corrected chi connectivity index (χ2v) is 3.28. The van der Waals surface area contributed by atoms with E-state index in [0.29, 0.717) is 16.5 Å². The van der Waals surface area contributed by atoms with Gasteiger partial charge in [-0.2, -0.15) is 0 Å². The molecule has 0 aliphatic rings. The summed E-state index contributed by atoms with van der Waals surface area (Å²) >= 11 is 5.97. The Balaban J connectivity index is 3.23.